The highest BCUT2D eigenvalue weighted by Gasteiger charge is 2.29. The predicted molar refractivity (Wildman–Crippen MR) is 104 cm³/mol. The summed E-state index contributed by atoms with van der Waals surface area (Å²) in [5.74, 6) is -0.368. The maximum absolute atomic E-state index is 12.5. The molecule has 2 aromatic rings. The van der Waals surface area contributed by atoms with Crippen LogP contribution in [0.4, 0.5) is 0 Å². The van der Waals surface area contributed by atoms with Gasteiger partial charge >= 0.3 is 0 Å². The molecule has 2 aromatic heterocycles. The van der Waals surface area contributed by atoms with Crippen molar-refractivity contribution in [2.45, 2.75) is 24.4 Å². The summed E-state index contributed by atoms with van der Waals surface area (Å²) in [4.78, 5) is 34.5. The number of hydrogen-bond acceptors (Lipinski definition) is 8. The first-order valence-electron chi connectivity index (χ1n) is 8.82. The van der Waals surface area contributed by atoms with Crippen molar-refractivity contribution in [3.63, 3.8) is 0 Å². The highest BCUT2D eigenvalue weighted by atomic mass is 32.2. The van der Waals surface area contributed by atoms with E-state index in [9.17, 15) is 18.0 Å². The maximum atomic E-state index is 12.5. The second kappa shape index (κ2) is 8.43. The van der Waals surface area contributed by atoms with Crippen molar-refractivity contribution in [3.8, 4) is 0 Å². The Hall–Kier alpha value is -2.21. The van der Waals surface area contributed by atoms with E-state index in [-0.39, 0.29) is 41.7 Å². The smallest absolute Gasteiger partial charge is 0.239 e. The molecule has 1 aliphatic heterocycles. The lowest BCUT2D eigenvalue weighted by Crippen LogP contribution is -2.45. The Morgan fingerprint density at radius 2 is 2.18 bits per heavy atom. The molecule has 0 spiro atoms. The van der Waals surface area contributed by atoms with Crippen LogP contribution >= 0.6 is 11.8 Å². The second-order valence-corrected chi connectivity index (χ2v) is 9.74. The molecule has 12 heteroatoms. The van der Waals surface area contributed by atoms with Gasteiger partial charge in [-0.1, -0.05) is 11.8 Å². The number of hydrogen-bond donors (Lipinski definition) is 1. The third-order valence-corrected chi connectivity index (χ3v) is 7.25. The second-order valence-electron chi connectivity index (χ2n) is 6.55. The highest BCUT2D eigenvalue weighted by molar-refractivity contribution is 8.00. The van der Waals surface area contributed by atoms with E-state index >= 15 is 0 Å². The van der Waals surface area contributed by atoms with Crippen LogP contribution in [0, 0.1) is 0 Å². The zero-order valence-corrected chi connectivity index (χ0v) is 17.3. The molecule has 10 nitrogen and oxygen atoms in total. The van der Waals surface area contributed by atoms with Gasteiger partial charge in [0.15, 0.2) is 15.5 Å². The van der Waals surface area contributed by atoms with Crippen molar-refractivity contribution >= 4 is 44.4 Å². The van der Waals surface area contributed by atoms with Gasteiger partial charge in [0.2, 0.25) is 11.8 Å². The van der Waals surface area contributed by atoms with E-state index in [0.717, 1.165) is 5.39 Å². The molecule has 0 bridgehead atoms. The third kappa shape index (κ3) is 4.79. The van der Waals surface area contributed by atoms with Crippen molar-refractivity contribution in [1.82, 2.24) is 30.0 Å². The first kappa shape index (κ1) is 20.5. The molecule has 1 N–H and O–H groups in total. The fourth-order valence-corrected chi connectivity index (χ4v) is 5.55. The number of carbonyl (C=O) groups excluding carboxylic acids is 2. The van der Waals surface area contributed by atoms with Crippen molar-refractivity contribution in [1.29, 1.82) is 0 Å². The minimum atomic E-state index is -3.06. The Morgan fingerprint density at radius 3 is 2.86 bits per heavy atom. The Kier molecular flexibility index (Phi) is 6.18. The SMILES string of the molecule is CCN(CC(=O)N[C@@H]1CCS(=O)(=O)C1)C(=O)CSc1ncnc2c1cnn2C. The fraction of sp³-hybridized carbons (Fsp3) is 0.562. The van der Waals surface area contributed by atoms with Crippen LogP contribution in [0.1, 0.15) is 13.3 Å². The monoisotopic (exact) mass is 426 g/mol. The molecule has 1 aliphatic rings. The molecule has 1 saturated heterocycles. The molecule has 0 unspecified atom stereocenters. The summed E-state index contributed by atoms with van der Waals surface area (Å²) in [5, 5.41) is 8.27. The lowest BCUT2D eigenvalue weighted by atomic mass is 10.2. The van der Waals surface area contributed by atoms with Gasteiger partial charge < -0.3 is 10.2 Å². The van der Waals surface area contributed by atoms with Crippen LogP contribution in [-0.4, -0.2) is 81.3 Å². The molecule has 3 heterocycles. The fourth-order valence-electron chi connectivity index (χ4n) is 3.01. The van der Waals surface area contributed by atoms with E-state index in [1.807, 2.05) is 0 Å². The van der Waals surface area contributed by atoms with Crippen LogP contribution in [0.15, 0.2) is 17.6 Å². The third-order valence-electron chi connectivity index (χ3n) is 4.49. The summed E-state index contributed by atoms with van der Waals surface area (Å²) in [6, 6.07) is -0.374. The number of thioether (sulfide) groups is 1. The van der Waals surface area contributed by atoms with Gasteiger partial charge in [-0.15, -0.1) is 0 Å². The predicted octanol–water partition coefficient (Wildman–Crippen LogP) is -0.393. The molecule has 0 aromatic carbocycles. The molecule has 1 atom stereocenters. The standard InChI is InChI=1S/C16H22N6O4S2/c1-3-22(7-13(23)20-11-4-5-28(25,26)9-11)14(24)8-27-16-12-6-19-21(2)15(12)17-10-18-16/h6,10-11H,3-5,7-9H2,1-2H3,(H,20,23)/t11-/m1/s1. The number of sulfone groups is 1. The molecule has 1 fully saturated rings. The quantitative estimate of drug-likeness (QED) is 0.468. The minimum absolute atomic E-state index is 0.0382. The molecule has 0 aliphatic carbocycles. The van der Waals surface area contributed by atoms with Crippen molar-refractivity contribution in [2.24, 2.45) is 7.05 Å². The summed E-state index contributed by atoms with van der Waals surface area (Å²) in [6.45, 7) is 2.07. The summed E-state index contributed by atoms with van der Waals surface area (Å²) >= 11 is 1.27. The Labute approximate surface area is 167 Å². The summed E-state index contributed by atoms with van der Waals surface area (Å²) in [7, 11) is -1.28. The molecular formula is C16H22N6O4S2. The van der Waals surface area contributed by atoms with Crippen molar-refractivity contribution in [3.05, 3.63) is 12.5 Å². The van der Waals surface area contributed by atoms with E-state index in [1.165, 1.54) is 23.0 Å². The molecule has 0 radical (unpaired) electrons. The molecular weight excluding hydrogens is 404 g/mol. The zero-order chi connectivity index (χ0) is 20.3. The highest BCUT2D eigenvalue weighted by Crippen LogP contribution is 2.24. The summed E-state index contributed by atoms with van der Waals surface area (Å²) in [6.07, 6.45) is 3.50. The Morgan fingerprint density at radius 1 is 1.39 bits per heavy atom. The number of aromatic nitrogens is 4. The molecule has 28 heavy (non-hydrogen) atoms. The van der Waals surface area contributed by atoms with Crippen LogP contribution in [0.2, 0.25) is 0 Å². The number of rotatable bonds is 7. The number of likely N-dealkylation sites (N-methyl/N-ethyl adjacent to an activating group) is 1. The lowest BCUT2D eigenvalue weighted by molar-refractivity contribution is -0.134. The zero-order valence-electron chi connectivity index (χ0n) is 15.7. The van der Waals surface area contributed by atoms with E-state index in [4.69, 9.17) is 0 Å². The number of fused-ring (bicyclic) bond motifs is 1. The van der Waals surface area contributed by atoms with Gasteiger partial charge in [0.05, 0.1) is 35.4 Å². The average molecular weight is 427 g/mol. The first-order chi connectivity index (χ1) is 13.3. The normalized spacial score (nSPS) is 18.3. The number of amides is 2. The first-order valence-corrected chi connectivity index (χ1v) is 11.6. The molecule has 2 amide bonds. The van der Waals surface area contributed by atoms with Crippen molar-refractivity contribution < 1.29 is 18.0 Å². The van der Waals surface area contributed by atoms with Crippen LogP contribution in [0.5, 0.6) is 0 Å². The lowest BCUT2D eigenvalue weighted by Gasteiger charge is -2.21. The molecule has 0 saturated carbocycles. The van der Waals surface area contributed by atoms with Gasteiger partial charge in [-0.3, -0.25) is 14.3 Å². The van der Waals surface area contributed by atoms with Crippen molar-refractivity contribution in [2.75, 3.05) is 30.3 Å². The minimum Gasteiger partial charge on any atom is -0.351 e. The van der Waals surface area contributed by atoms with E-state index in [1.54, 1.807) is 24.9 Å². The van der Waals surface area contributed by atoms with E-state index in [2.05, 4.69) is 20.4 Å². The number of carbonyl (C=O) groups is 2. The molecule has 3 rings (SSSR count). The van der Waals surface area contributed by atoms with E-state index in [0.29, 0.717) is 23.6 Å². The van der Waals surface area contributed by atoms with Gasteiger partial charge in [-0.2, -0.15) is 5.10 Å². The van der Waals surface area contributed by atoms with Crippen LogP contribution in [0.25, 0.3) is 11.0 Å². The number of nitrogens with zero attached hydrogens (tertiary/aromatic N) is 5. The van der Waals surface area contributed by atoms with Gasteiger partial charge in [0.25, 0.3) is 0 Å². The topological polar surface area (TPSA) is 127 Å². The number of aryl methyl sites for hydroxylation is 1. The van der Waals surface area contributed by atoms with E-state index < -0.39 is 9.84 Å². The maximum Gasteiger partial charge on any atom is 0.239 e. The Bertz CT molecular complexity index is 990. The van der Waals surface area contributed by atoms with Crippen LogP contribution < -0.4 is 5.32 Å². The average Bonchev–Trinajstić information content (AvgIpc) is 3.20. The number of nitrogens with one attached hydrogen (secondary N) is 1. The summed E-state index contributed by atoms with van der Waals surface area (Å²) < 4.78 is 24.6. The molecule has 152 valence electrons. The largest absolute Gasteiger partial charge is 0.351 e. The van der Waals surface area contributed by atoms with Crippen LogP contribution in [0.3, 0.4) is 0 Å². The van der Waals surface area contributed by atoms with Gasteiger partial charge in [0, 0.05) is 19.6 Å². The van der Waals surface area contributed by atoms with Gasteiger partial charge in [0.1, 0.15) is 11.4 Å². The van der Waals surface area contributed by atoms with Gasteiger partial charge in [-0.25, -0.2) is 18.4 Å². The van der Waals surface area contributed by atoms with Crippen LogP contribution in [-0.2, 0) is 26.5 Å². The summed E-state index contributed by atoms with van der Waals surface area (Å²) in [5.41, 5.74) is 0.684. The Balaban J connectivity index is 1.55. The van der Waals surface area contributed by atoms with Gasteiger partial charge in [-0.05, 0) is 13.3 Å².